The molecule has 9 heteroatoms. The number of rotatable bonds is 11. The van der Waals surface area contributed by atoms with Gasteiger partial charge in [-0.05, 0) is 42.2 Å². The van der Waals surface area contributed by atoms with Crippen LogP contribution in [0.15, 0.2) is 89.4 Å². The third-order valence-electron chi connectivity index (χ3n) is 5.58. The average molecular weight is 574 g/mol. The number of alkyl carbamates (subject to hydrolysis) is 1. The summed E-state index contributed by atoms with van der Waals surface area (Å²) in [5, 5.41) is 2.43. The van der Waals surface area contributed by atoms with E-state index in [1.54, 1.807) is 12.1 Å². The number of halogens is 1. The number of carbonyl (C=O) groups excluding carboxylic acids is 2. The lowest BCUT2D eigenvalue weighted by Crippen LogP contribution is -2.35. The molecule has 0 spiro atoms. The van der Waals surface area contributed by atoms with E-state index in [0.717, 1.165) is 21.2 Å². The summed E-state index contributed by atoms with van der Waals surface area (Å²) in [6.07, 6.45) is -0.940. The summed E-state index contributed by atoms with van der Waals surface area (Å²) in [4.78, 5) is 36.0. The van der Waals surface area contributed by atoms with Gasteiger partial charge in [-0.3, -0.25) is 9.36 Å². The SMILES string of the molecule is CC(NC(=O)OCc1ccccc1)P(=O)(O)CC(Cc1ccc(Br)cc1)C(=O)OCc1ccccc1. The predicted molar refractivity (Wildman–Crippen MR) is 141 cm³/mol. The zero-order chi connectivity index (χ0) is 26.0. The Morgan fingerprint density at radius 3 is 1.94 bits per heavy atom. The van der Waals surface area contributed by atoms with Crippen LogP contribution in [0.2, 0.25) is 0 Å². The van der Waals surface area contributed by atoms with Gasteiger partial charge in [-0.25, -0.2) is 4.79 Å². The largest absolute Gasteiger partial charge is 0.461 e. The van der Waals surface area contributed by atoms with Crippen molar-refractivity contribution in [3.63, 3.8) is 0 Å². The zero-order valence-corrected chi connectivity index (χ0v) is 22.4. The molecule has 2 N–H and O–H groups in total. The number of carbonyl (C=O) groups is 2. The fourth-order valence-electron chi connectivity index (χ4n) is 3.48. The van der Waals surface area contributed by atoms with Crippen molar-refractivity contribution in [1.29, 1.82) is 0 Å². The van der Waals surface area contributed by atoms with E-state index in [1.165, 1.54) is 6.92 Å². The van der Waals surface area contributed by atoms with Gasteiger partial charge in [0, 0.05) is 10.6 Å². The summed E-state index contributed by atoms with van der Waals surface area (Å²) in [6.45, 7) is 1.52. The molecule has 36 heavy (non-hydrogen) atoms. The van der Waals surface area contributed by atoms with Gasteiger partial charge in [0.15, 0.2) is 0 Å². The quantitative estimate of drug-likeness (QED) is 0.219. The molecule has 3 unspecified atom stereocenters. The standard InChI is InChI=1S/C27H29BrNO6P/c1-20(29-27(31)35-18-23-10-6-3-7-11-23)36(32,33)19-24(16-21-12-14-25(28)15-13-21)26(30)34-17-22-8-4-2-5-9-22/h2-15,20,24H,16-19H2,1H3,(H,29,31)(H,32,33). The molecule has 0 bridgehead atoms. The lowest BCUT2D eigenvalue weighted by molar-refractivity contribution is -0.149. The van der Waals surface area contributed by atoms with Gasteiger partial charge in [-0.1, -0.05) is 88.7 Å². The Morgan fingerprint density at radius 2 is 1.39 bits per heavy atom. The Labute approximate surface area is 219 Å². The van der Waals surface area contributed by atoms with Crippen LogP contribution in [0.25, 0.3) is 0 Å². The first-order valence-electron chi connectivity index (χ1n) is 11.5. The molecule has 190 valence electrons. The summed E-state index contributed by atoms with van der Waals surface area (Å²) >= 11 is 3.38. The van der Waals surface area contributed by atoms with Gasteiger partial charge < -0.3 is 19.7 Å². The minimum absolute atomic E-state index is 0.0348. The van der Waals surface area contributed by atoms with Crippen molar-refractivity contribution < 1.29 is 28.5 Å². The van der Waals surface area contributed by atoms with Gasteiger partial charge >= 0.3 is 12.1 Å². The summed E-state index contributed by atoms with van der Waals surface area (Å²) in [7, 11) is -4.01. The van der Waals surface area contributed by atoms with Crippen LogP contribution in [-0.4, -0.2) is 28.9 Å². The summed E-state index contributed by atoms with van der Waals surface area (Å²) in [5.74, 6) is -2.57. The van der Waals surface area contributed by atoms with Gasteiger partial charge in [0.1, 0.15) is 19.0 Å². The highest BCUT2D eigenvalue weighted by Gasteiger charge is 2.35. The van der Waals surface area contributed by atoms with Crippen molar-refractivity contribution in [1.82, 2.24) is 5.32 Å². The lowest BCUT2D eigenvalue weighted by atomic mass is 10.0. The number of hydrogen-bond donors (Lipinski definition) is 2. The second kappa shape index (κ2) is 13.4. The molecule has 0 radical (unpaired) electrons. The molecule has 3 rings (SSSR count). The van der Waals surface area contributed by atoms with Gasteiger partial charge in [-0.15, -0.1) is 0 Å². The Balaban J connectivity index is 1.64. The van der Waals surface area contributed by atoms with Crippen LogP contribution in [0.3, 0.4) is 0 Å². The topological polar surface area (TPSA) is 102 Å². The first kappa shape index (κ1) is 27.7. The Bertz CT molecular complexity index is 1170. The molecule has 0 aliphatic rings. The molecule has 0 aliphatic carbocycles. The van der Waals surface area contributed by atoms with E-state index in [-0.39, 0.29) is 25.8 Å². The van der Waals surface area contributed by atoms with Gasteiger partial charge in [0.05, 0.1) is 5.92 Å². The summed E-state index contributed by atoms with van der Waals surface area (Å²) in [5.41, 5.74) is 2.43. The van der Waals surface area contributed by atoms with Crippen molar-refractivity contribution in [3.05, 3.63) is 106 Å². The van der Waals surface area contributed by atoms with E-state index in [2.05, 4.69) is 21.2 Å². The number of benzene rings is 3. The van der Waals surface area contributed by atoms with Crippen molar-refractivity contribution in [3.8, 4) is 0 Å². The van der Waals surface area contributed by atoms with Crippen LogP contribution in [0.5, 0.6) is 0 Å². The van der Waals surface area contributed by atoms with Gasteiger partial charge in [0.25, 0.3) is 0 Å². The first-order valence-corrected chi connectivity index (χ1v) is 14.2. The molecule has 0 fully saturated rings. The maximum Gasteiger partial charge on any atom is 0.408 e. The lowest BCUT2D eigenvalue weighted by Gasteiger charge is -2.24. The second-order valence-electron chi connectivity index (χ2n) is 8.44. The molecule has 0 saturated heterocycles. The number of ether oxygens (including phenoxy) is 2. The molecule has 0 aromatic heterocycles. The molecule has 7 nitrogen and oxygen atoms in total. The fourth-order valence-corrected chi connectivity index (χ4v) is 5.28. The smallest absolute Gasteiger partial charge is 0.408 e. The van der Waals surface area contributed by atoms with Gasteiger partial charge in [0.2, 0.25) is 7.37 Å². The highest BCUT2D eigenvalue weighted by Crippen LogP contribution is 2.47. The van der Waals surface area contributed by atoms with E-state index >= 15 is 0 Å². The Morgan fingerprint density at radius 1 is 0.861 bits per heavy atom. The maximum absolute atomic E-state index is 13.2. The molecule has 0 aliphatic heterocycles. The van der Waals surface area contributed by atoms with Gasteiger partial charge in [-0.2, -0.15) is 0 Å². The molecule has 1 amide bonds. The molecule has 3 atom stereocenters. The van der Waals surface area contributed by atoms with Crippen LogP contribution in [0, 0.1) is 5.92 Å². The molecule has 0 saturated carbocycles. The number of esters is 1. The minimum Gasteiger partial charge on any atom is -0.461 e. The third-order valence-corrected chi connectivity index (χ3v) is 8.41. The van der Waals surface area contributed by atoms with E-state index in [9.17, 15) is 19.0 Å². The van der Waals surface area contributed by atoms with Crippen LogP contribution < -0.4 is 5.32 Å². The summed E-state index contributed by atoms with van der Waals surface area (Å²) < 4.78 is 24.8. The average Bonchev–Trinajstić information content (AvgIpc) is 2.88. The molecule has 0 heterocycles. The molecule has 3 aromatic rings. The summed E-state index contributed by atoms with van der Waals surface area (Å²) in [6, 6.07) is 25.7. The minimum atomic E-state index is -4.01. The number of nitrogens with one attached hydrogen (secondary N) is 1. The van der Waals surface area contributed by atoms with Crippen molar-refractivity contribution >= 4 is 35.4 Å². The Hall–Kier alpha value is -2.93. The monoisotopic (exact) mass is 573 g/mol. The van der Waals surface area contributed by atoms with Crippen molar-refractivity contribution in [2.75, 3.05) is 6.16 Å². The molecular formula is C27H29BrNO6P. The zero-order valence-electron chi connectivity index (χ0n) is 19.9. The van der Waals surface area contributed by atoms with Crippen LogP contribution in [0.1, 0.15) is 23.6 Å². The third kappa shape index (κ3) is 8.94. The molecule has 3 aromatic carbocycles. The second-order valence-corrected chi connectivity index (χ2v) is 12.0. The number of hydrogen-bond acceptors (Lipinski definition) is 5. The van der Waals surface area contributed by atoms with Crippen LogP contribution >= 0.6 is 23.3 Å². The maximum atomic E-state index is 13.2. The van der Waals surface area contributed by atoms with Crippen LogP contribution in [0.4, 0.5) is 4.79 Å². The van der Waals surface area contributed by atoms with E-state index in [4.69, 9.17) is 9.47 Å². The van der Waals surface area contributed by atoms with Crippen LogP contribution in [-0.2, 0) is 38.5 Å². The Kier molecular flexibility index (Phi) is 10.3. The van der Waals surface area contributed by atoms with E-state index < -0.39 is 31.1 Å². The van der Waals surface area contributed by atoms with E-state index in [1.807, 2.05) is 72.8 Å². The van der Waals surface area contributed by atoms with Crippen molar-refractivity contribution in [2.45, 2.75) is 32.3 Å². The highest BCUT2D eigenvalue weighted by molar-refractivity contribution is 9.10. The predicted octanol–water partition coefficient (Wildman–Crippen LogP) is 5.89. The highest BCUT2D eigenvalue weighted by atomic mass is 79.9. The molecular weight excluding hydrogens is 545 g/mol. The fraction of sp³-hybridized carbons (Fsp3) is 0.259. The van der Waals surface area contributed by atoms with E-state index in [0.29, 0.717) is 0 Å². The van der Waals surface area contributed by atoms with Crippen molar-refractivity contribution in [2.24, 2.45) is 5.92 Å². The first-order chi connectivity index (χ1) is 17.2. The normalized spacial score (nSPS) is 14.2. The number of amides is 1.